The Bertz CT molecular complexity index is 1570. The molecular formula is C29H29F3N4O4. The van der Waals surface area contributed by atoms with Crippen LogP contribution in [0, 0.1) is 31.3 Å². The minimum Gasteiger partial charge on any atom is -0.485 e. The normalized spacial score (nSPS) is 11.4. The highest BCUT2D eigenvalue weighted by Crippen LogP contribution is 2.27. The molecule has 4 rings (SSSR count). The number of benzene rings is 2. The molecule has 2 amide bonds. The van der Waals surface area contributed by atoms with Gasteiger partial charge in [0.1, 0.15) is 35.4 Å². The maximum absolute atomic E-state index is 14.1. The molecule has 2 N–H and O–H groups in total. The van der Waals surface area contributed by atoms with Gasteiger partial charge in [0.2, 0.25) is 0 Å². The van der Waals surface area contributed by atoms with E-state index in [2.05, 4.69) is 15.6 Å². The number of aromatic nitrogens is 2. The van der Waals surface area contributed by atoms with Gasteiger partial charge in [-0.05, 0) is 82.1 Å². The fourth-order valence-electron chi connectivity index (χ4n) is 4.05. The van der Waals surface area contributed by atoms with E-state index in [9.17, 15) is 22.8 Å². The molecule has 4 aromatic rings. The Kier molecular flexibility index (Phi) is 8.03. The third-order valence-electron chi connectivity index (χ3n) is 5.78. The SMILES string of the molecule is Cc1cc(OCc2c(F)cccc2F)c2nc(C)c(C(=O)Nc3ccc(F)cc3CNC(=O)OC(C)(C)C)n2c1. The van der Waals surface area contributed by atoms with Crippen LogP contribution in [0.3, 0.4) is 0 Å². The highest BCUT2D eigenvalue weighted by atomic mass is 19.1. The number of alkyl carbamates (subject to hydrolysis) is 1. The molecule has 0 bridgehead atoms. The first-order valence-corrected chi connectivity index (χ1v) is 12.4. The number of rotatable bonds is 7. The Morgan fingerprint density at radius 1 is 1.02 bits per heavy atom. The van der Waals surface area contributed by atoms with Crippen molar-refractivity contribution in [2.75, 3.05) is 5.32 Å². The lowest BCUT2D eigenvalue weighted by molar-refractivity contribution is 0.0523. The first-order chi connectivity index (χ1) is 18.8. The van der Waals surface area contributed by atoms with Crippen LogP contribution in [0.2, 0.25) is 0 Å². The van der Waals surface area contributed by atoms with Crippen molar-refractivity contribution in [3.8, 4) is 5.75 Å². The summed E-state index contributed by atoms with van der Waals surface area (Å²) in [7, 11) is 0. The predicted octanol–water partition coefficient (Wildman–Crippen LogP) is 6.22. The van der Waals surface area contributed by atoms with Crippen molar-refractivity contribution in [2.24, 2.45) is 0 Å². The molecule has 0 radical (unpaired) electrons. The average Bonchev–Trinajstić information content (AvgIpc) is 3.18. The summed E-state index contributed by atoms with van der Waals surface area (Å²) in [6, 6.07) is 8.98. The van der Waals surface area contributed by atoms with E-state index in [1.54, 1.807) is 46.9 Å². The molecule has 0 aliphatic rings. The lowest BCUT2D eigenvalue weighted by Crippen LogP contribution is -2.32. The number of nitrogens with one attached hydrogen (secondary N) is 2. The van der Waals surface area contributed by atoms with Gasteiger partial charge < -0.3 is 20.1 Å². The maximum Gasteiger partial charge on any atom is 0.407 e. The number of aryl methyl sites for hydroxylation is 2. The Morgan fingerprint density at radius 3 is 2.40 bits per heavy atom. The number of nitrogens with zero attached hydrogens (tertiary/aromatic N) is 2. The molecule has 11 heteroatoms. The van der Waals surface area contributed by atoms with E-state index in [1.165, 1.54) is 28.7 Å². The van der Waals surface area contributed by atoms with Crippen LogP contribution in [0.15, 0.2) is 48.7 Å². The van der Waals surface area contributed by atoms with E-state index in [0.29, 0.717) is 16.8 Å². The van der Waals surface area contributed by atoms with E-state index in [-0.39, 0.29) is 41.5 Å². The fourth-order valence-corrected chi connectivity index (χ4v) is 4.05. The minimum absolute atomic E-state index is 0.0991. The smallest absolute Gasteiger partial charge is 0.407 e. The Hall–Kier alpha value is -4.54. The number of halogens is 3. The predicted molar refractivity (Wildman–Crippen MR) is 143 cm³/mol. The van der Waals surface area contributed by atoms with Crippen molar-refractivity contribution in [1.29, 1.82) is 0 Å². The van der Waals surface area contributed by atoms with Gasteiger partial charge in [0.05, 0.1) is 11.3 Å². The van der Waals surface area contributed by atoms with Crippen molar-refractivity contribution in [3.05, 3.63) is 94.2 Å². The van der Waals surface area contributed by atoms with Crippen LogP contribution in [0.4, 0.5) is 23.7 Å². The number of pyridine rings is 1. The monoisotopic (exact) mass is 554 g/mol. The van der Waals surface area contributed by atoms with Gasteiger partial charge in [0, 0.05) is 18.4 Å². The van der Waals surface area contributed by atoms with Gasteiger partial charge in [-0.15, -0.1) is 0 Å². The average molecular weight is 555 g/mol. The largest absolute Gasteiger partial charge is 0.485 e. The second-order valence-corrected chi connectivity index (χ2v) is 10.2. The van der Waals surface area contributed by atoms with Crippen molar-refractivity contribution >= 4 is 23.3 Å². The van der Waals surface area contributed by atoms with Crippen LogP contribution >= 0.6 is 0 Å². The zero-order valence-electron chi connectivity index (χ0n) is 22.7. The number of ether oxygens (including phenoxy) is 2. The molecule has 210 valence electrons. The van der Waals surface area contributed by atoms with Crippen molar-refractivity contribution in [3.63, 3.8) is 0 Å². The van der Waals surface area contributed by atoms with Crippen LogP contribution < -0.4 is 15.4 Å². The number of carbonyl (C=O) groups is 2. The summed E-state index contributed by atoms with van der Waals surface area (Å²) in [5.41, 5.74) is 1.16. The third kappa shape index (κ3) is 6.53. The van der Waals surface area contributed by atoms with Crippen LogP contribution in [0.1, 0.15) is 53.6 Å². The second-order valence-electron chi connectivity index (χ2n) is 10.2. The zero-order chi connectivity index (χ0) is 29.2. The zero-order valence-corrected chi connectivity index (χ0v) is 22.7. The Morgan fingerprint density at radius 2 is 1.73 bits per heavy atom. The van der Waals surface area contributed by atoms with Gasteiger partial charge in [-0.2, -0.15) is 0 Å². The van der Waals surface area contributed by atoms with E-state index in [1.807, 2.05) is 0 Å². The van der Waals surface area contributed by atoms with Crippen molar-refractivity contribution in [2.45, 2.75) is 53.4 Å². The fraction of sp³-hybridized carbons (Fsp3) is 0.276. The van der Waals surface area contributed by atoms with Gasteiger partial charge in [-0.1, -0.05) is 6.07 Å². The number of hydrogen-bond donors (Lipinski definition) is 2. The molecule has 40 heavy (non-hydrogen) atoms. The topological polar surface area (TPSA) is 94.0 Å². The standard InChI is InChI=1S/C29H29F3N4O4/c1-16-11-24(39-15-20-21(31)7-6-8-22(20)32)26-34-17(2)25(36(26)14-16)27(37)35-23-10-9-19(30)12-18(23)13-33-28(38)40-29(3,4)5/h6-12,14H,13,15H2,1-5H3,(H,33,38)(H,35,37). The van der Waals surface area contributed by atoms with Crippen molar-refractivity contribution < 1.29 is 32.2 Å². The summed E-state index contributed by atoms with van der Waals surface area (Å²) in [5.74, 6) is -2.34. The highest BCUT2D eigenvalue weighted by Gasteiger charge is 2.22. The summed E-state index contributed by atoms with van der Waals surface area (Å²) in [5, 5.41) is 5.31. The lowest BCUT2D eigenvalue weighted by Gasteiger charge is -2.20. The van der Waals surface area contributed by atoms with E-state index in [4.69, 9.17) is 9.47 Å². The number of carbonyl (C=O) groups excluding carboxylic acids is 2. The first-order valence-electron chi connectivity index (χ1n) is 12.4. The van der Waals surface area contributed by atoms with E-state index in [0.717, 1.165) is 12.1 Å². The molecular weight excluding hydrogens is 525 g/mol. The molecule has 0 aliphatic carbocycles. The molecule has 2 heterocycles. The summed E-state index contributed by atoms with van der Waals surface area (Å²) in [6.07, 6.45) is 0.987. The molecule has 0 spiro atoms. The first kappa shape index (κ1) is 28.5. The highest BCUT2D eigenvalue weighted by molar-refractivity contribution is 6.05. The molecule has 0 fully saturated rings. The van der Waals surface area contributed by atoms with Gasteiger partial charge in [0.15, 0.2) is 11.4 Å². The van der Waals surface area contributed by atoms with E-state index < -0.39 is 35.1 Å². The second kappa shape index (κ2) is 11.3. The van der Waals surface area contributed by atoms with Crippen LogP contribution in [0.25, 0.3) is 5.65 Å². The summed E-state index contributed by atoms with van der Waals surface area (Å²) < 4.78 is 54.7. The van der Waals surface area contributed by atoms with Gasteiger partial charge in [-0.3, -0.25) is 9.20 Å². The van der Waals surface area contributed by atoms with Crippen LogP contribution in [-0.2, 0) is 17.9 Å². The number of hydrogen-bond acceptors (Lipinski definition) is 5. The maximum atomic E-state index is 14.1. The molecule has 2 aromatic heterocycles. The summed E-state index contributed by atoms with van der Waals surface area (Å²) in [4.78, 5) is 30.0. The van der Waals surface area contributed by atoms with Gasteiger partial charge >= 0.3 is 6.09 Å². The molecule has 0 atom stereocenters. The summed E-state index contributed by atoms with van der Waals surface area (Å²) in [6.45, 7) is 8.08. The number of imidazole rings is 1. The Labute approximate surface area is 229 Å². The van der Waals surface area contributed by atoms with Crippen LogP contribution in [-0.4, -0.2) is 27.0 Å². The van der Waals surface area contributed by atoms with Gasteiger partial charge in [-0.25, -0.2) is 22.9 Å². The molecule has 0 saturated carbocycles. The Balaban J connectivity index is 1.60. The molecule has 0 unspecified atom stereocenters. The lowest BCUT2D eigenvalue weighted by atomic mass is 10.1. The number of amides is 2. The van der Waals surface area contributed by atoms with Gasteiger partial charge in [0.25, 0.3) is 5.91 Å². The molecule has 0 saturated heterocycles. The quantitative estimate of drug-likeness (QED) is 0.283. The molecule has 2 aromatic carbocycles. The number of anilines is 1. The van der Waals surface area contributed by atoms with Crippen molar-refractivity contribution in [1.82, 2.24) is 14.7 Å². The third-order valence-corrected chi connectivity index (χ3v) is 5.78. The van der Waals surface area contributed by atoms with E-state index >= 15 is 0 Å². The van der Waals surface area contributed by atoms with Crippen LogP contribution in [0.5, 0.6) is 5.75 Å². The summed E-state index contributed by atoms with van der Waals surface area (Å²) >= 11 is 0. The number of fused-ring (bicyclic) bond motifs is 1. The molecule has 0 aliphatic heterocycles. The minimum atomic E-state index is -0.737. The molecule has 8 nitrogen and oxygen atoms in total.